The number of hydrogen-bond donors (Lipinski definition) is 0. The molecule has 27 heavy (non-hydrogen) atoms. The molecule has 0 bridgehead atoms. The molecule has 0 saturated carbocycles. The first kappa shape index (κ1) is 17.6. The van der Waals surface area contributed by atoms with Crippen LogP contribution in [0.3, 0.4) is 0 Å². The second kappa shape index (κ2) is 7.08. The van der Waals surface area contributed by atoms with E-state index in [4.69, 9.17) is 26.2 Å². The fourth-order valence-corrected chi connectivity index (χ4v) is 3.77. The number of esters is 1. The van der Waals surface area contributed by atoms with E-state index in [1.807, 2.05) is 47.1 Å². The standard InChI is InChI=1S/C21H19ClN2O3/c1-3-27-21(25)18-19(13-7-9-14(26-2)10-8-13)23-24-12-11-15-16(20(18)24)5-4-6-17(15)22/h4-10H,3,11-12H2,1-2H3. The Labute approximate surface area is 162 Å². The molecule has 1 aliphatic rings. The minimum Gasteiger partial charge on any atom is -0.497 e. The summed E-state index contributed by atoms with van der Waals surface area (Å²) in [5.74, 6) is 0.370. The third-order valence-corrected chi connectivity index (χ3v) is 5.10. The highest BCUT2D eigenvalue weighted by atomic mass is 35.5. The number of ether oxygens (including phenoxy) is 2. The second-order valence-electron chi connectivity index (χ2n) is 6.26. The lowest BCUT2D eigenvalue weighted by atomic mass is 9.94. The van der Waals surface area contributed by atoms with Crippen LogP contribution in [0.4, 0.5) is 0 Å². The van der Waals surface area contributed by atoms with Gasteiger partial charge < -0.3 is 9.47 Å². The smallest absolute Gasteiger partial charge is 0.342 e. The lowest BCUT2D eigenvalue weighted by Crippen LogP contribution is -2.14. The predicted octanol–water partition coefficient (Wildman–Crippen LogP) is 4.61. The average molecular weight is 383 g/mol. The van der Waals surface area contributed by atoms with E-state index in [2.05, 4.69) is 0 Å². The highest BCUT2D eigenvalue weighted by Crippen LogP contribution is 2.40. The van der Waals surface area contributed by atoms with Crippen molar-refractivity contribution in [3.63, 3.8) is 0 Å². The highest BCUT2D eigenvalue weighted by molar-refractivity contribution is 6.31. The third kappa shape index (κ3) is 2.98. The Morgan fingerprint density at radius 1 is 1.22 bits per heavy atom. The van der Waals surface area contributed by atoms with Crippen molar-refractivity contribution in [3.8, 4) is 28.3 Å². The van der Waals surface area contributed by atoms with Crippen LogP contribution in [0, 0.1) is 0 Å². The minimum absolute atomic E-state index is 0.300. The van der Waals surface area contributed by atoms with Crippen LogP contribution in [0.2, 0.25) is 5.02 Å². The SMILES string of the molecule is CCOC(=O)c1c(-c2ccc(OC)cc2)nn2c1-c1cccc(Cl)c1CC2. The summed E-state index contributed by atoms with van der Waals surface area (Å²) >= 11 is 6.40. The van der Waals surface area contributed by atoms with Gasteiger partial charge in [0, 0.05) is 22.7 Å². The molecule has 0 unspecified atom stereocenters. The molecule has 0 aliphatic carbocycles. The molecule has 1 aliphatic heterocycles. The number of hydrogen-bond acceptors (Lipinski definition) is 4. The van der Waals surface area contributed by atoms with Gasteiger partial charge in [0.2, 0.25) is 0 Å². The third-order valence-electron chi connectivity index (χ3n) is 4.74. The van der Waals surface area contributed by atoms with Crippen LogP contribution in [0.15, 0.2) is 42.5 Å². The number of rotatable bonds is 4. The predicted molar refractivity (Wildman–Crippen MR) is 104 cm³/mol. The van der Waals surface area contributed by atoms with E-state index in [1.165, 1.54) is 0 Å². The van der Waals surface area contributed by atoms with E-state index in [-0.39, 0.29) is 5.97 Å². The largest absolute Gasteiger partial charge is 0.497 e. The van der Waals surface area contributed by atoms with Crippen LogP contribution >= 0.6 is 11.6 Å². The number of halogens is 1. The molecular formula is C21H19ClN2O3. The van der Waals surface area contributed by atoms with Gasteiger partial charge in [-0.15, -0.1) is 0 Å². The first-order valence-electron chi connectivity index (χ1n) is 8.84. The zero-order chi connectivity index (χ0) is 19.0. The quantitative estimate of drug-likeness (QED) is 0.618. The van der Waals surface area contributed by atoms with Crippen molar-refractivity contribution in [2.75, 3.05) is 13.7 Å². The minimum atomic E-state index is -0.377. The van der Waals surface area contributed by atoms with Gasteiger partial charge in [-0.05, 0) is 49.2 Å². The van der Waals surface area contributed by atoms with Gasteiger partial charge in [-0.2, -0.15) is 5.10 Å². The maximum atomic E-state index is 12.9. The lowest BCUT2D eigenvalue weighted by molar-refractivity contribution is 0.0528. The fourth-order valence-electron chi connectivity index (χ4n) is 3.50. The van der Waals surface area contributed by atoms with Crippen molar-refractivity contribution in [3.05, 3.63) is 58.6 Å². The van der Waals surface area contributed by atoms with Gasteiger partial charge in [0.05, 0.1) is 19.4 Å². The Bertz CT molecular complexity index is 1010. The summed E-state index contributed by atoms with van der Waals surface area (Å²) in [6.45, 7) is 2.76. The Hall–Kier alpha value is -2.79. The van der Waals surface area contributed by atoms with E-state index >= 15 is 0 Å². The number of carbonyl (C=O) groups excluding carboxylic acids is 1. The van der Waals surface area contributed by atoms with Gasteiger partial charge in [-0.1, -0.05) is 23.7 Å². The number of aryl methyl sites for hydroxylation is 1. The highest BCUT2D eigenvalue weighted by Gasteiger charge is 2.30. The second-order valence-corrected chi connectivity index (χ2v) is 6.67. The molecule has 2 aromatic carbocycles. The Morgan fingerprint density at radius 2 is 2.00 bits per heavy atom. The van der Waals surface area contributed by atoms with Crippen LogP contribution in [0.25, 0.3) is 22.5 Å². The number of carbonyl (C=O) groups is 1. The van der Waals surface area contributed by atoms with Gasteiger partial charge in [0.15, 0.2) is 0 Å². The summed E-state index contributed by atoms with van der Waals surface area (Å²) in [7, 11) is 1.62. The van der Waals surface area contributed by atoms with E-state index in [0.717, 1.165) is 34.6 Å². The molecular weight excluding hydrogens is 364 g/mol. The van der Waals surface area contributed by atoms with Crippen molar-refractivity contribution in [2.24, 2.45) is 0 Å². The van der Waals surface area contributed by atoms with Gasteiger partial charge in [-0.25, -0.2) is 4.79 Å². The maximum absolute atomic E-state index is 12.9. The molecule has 1 aromatic heterocycles. The van der Waals surface area contributed by atoms with Crippen LogP contribution in [-0.4, -0.2) is 29.5 Å². The molecule has 0 radical (unpaired) electrons. The van der Waals surface area contributed by atoms with E-state index in [1.54, 1.807) is 14.0 Å². The van der Waals surface area contributed by atoms with Crippen LogP contribution in [-0.2, 0) is 17.7 Å². The first-order valence-corrected chi connectivity index (χ1v) is 9.22. The van der Waals surface area contributed by atoms with E-state index in [0.29, 0.717) is 29.4 Å². The van der Waals surface area contributed by atoms with E-state index < -0.39 is 0 Å². The van der Waals surface area contributed by atoms with Gasteiger partial charge in [0.25, 0.3) is 0 Å². The van der Waals surface area contributed by atoms with Crippen molar-refractivity contribution >= 4 is 17.6 Å². The Balaban J connectivity index is 1.95. The molecule has 0 fully saturated rings. The molecule has 0 atom stereocenters. The number of nitrogens with zero attached hydrogens (tertiary/aromatic N) is 2. The molecule has 4 rings (SSSR count). The first-order chi connectivity index (χ1) is 13.1. The Morgan fingerprint density at radius 3 is 2.70 bits per heavy atom. The average Bonchev–Trinajstić information content (AvgIpc) is 3.08. The summed E-state index contributed by atoms with van der Waals surface area (Å²) in [5.41, 5.74) is 4.67. The lowest BCUT2D eigenvalue weighted by Gasteiger charge is -2.19. The number of methoxy groups -OCH3 is 1. The molecule has 0 spiro atoms. The van der Waals surface area contributed by atoms with Gasteiger partial charge in [-0.3, -0.25) is 4.68 Å². The van der Waals surface area contributed by atoms with Gasteiger partial charge >= 0.3 is 5.97 Å². The molecule has 0 amide bonds. The van der Waals surface area contributed by atoms with Crippen LogP contribution in [0.1, 0.15) is 22.8 Å². The summed E-state index contributed by atoms with van der Waals surface area (Å²) in [6, 6.07) is 13.3. The van der Waals surface area contributed by atoms with Crippen molar-refractivity contribution in [1.29, 1.82) is 0 Å². The molecule has 5 nitrogen and oxygen atoms in total. The topological polar surface area (TPSA) is 53.4 Å². The summed E-state index contributed by atoms with van der Waals surface area (Å²) < 4.78 is 12.5. The fraction of sp³-hybridized carbons (Fsp3) is 0.238. The zero-order valence-corrected chi connectivity index (χ0v) is 15.9. The number of aromatic nitrogens is 2. The monoisotopic (exact) mass is 382 g/mol. The van der Waals surface area contributed by atoms with E-state index in [9.17, 15) is 4.79 Å². The van der Waals surface area contributed by atoms with Crippen LogP contribution < -0.4 is 4.74 Å². The Kier molecular flexibility index (Phi) is 4.62. The molecule has 6 heteroatoms. The zero-order valence-electron chi connectivity index (χ0n) is 15.2. The summed E-state index contributed by atoms with van der Waals surface area (Å²) in [5, 5.41) is 5.45. The number of fused-ring (bicyclic) bond motifs is 3. The summed E-state index contributed by atoms with van der Waals surface area (Å²) in [6.07, 6.45) is 0.772. The summed E-state index contributed by atoms with van der Waals surface area (Å²) in [4.78, 5) is 12.9. The van der Waals surface area contributed by atoms with Crippen molar-refractivity contribution in [2.45, 2.75) is 19.9 Å². The molecule has 3 aromatic rings. The van der Waals surface area contributed by atoms with Crippen molar-refractivity contribution < 1.29 is 14.3 Å². The number of benzene rings is 2. The maximum Gasteiger partial charge on any atom is 0.342 e. The molecule has 0 N–H and O–H groups in total. The molecule has 138 valence electrons. The normalized spacial score (nSPS) is 12.3. The van der Waals surface area contributed by atoms with Gasteiger partial charge in [0.1, 0.15) is 17.0 Å². The molecule has 2 heterocycles. The van der Waals surface area contributed by atoms with Crippen molar-refractivity contribution in [1.82, 2.24) is 9.78 Å². The molecule has 0 saturated heterocycles. The van der Waals surface area contributed by atoms with Crippen LogP contribution in [0.5, 0.6) is 5.75 Å².